The van der Waals surface area contributed by atoms with Gasteiger partial charge in [0.15, 0.2) is 0 Å². The Hall–Kier alpha value is -2.93. The van der Waals surface area contributed by atoms with E-state index >= 15 is 0 Å². The number of hydrogen-bond donors (Lipinski definition) is 0. The number of carbonyl (C=O) groups is 2. The lowest BCUT2D eigenvalue weighted by atomic mass is 10.1. The smallest absolute Gasteiger partial charge is 0.228 e. The number of para-hydroxylation sites is 1. The van der Waals surface area contributed by atoms with Crippen LogP contribution in [0.1, 0.15) is 11.4 Å². The number of nitrogens with zero attached hydrogens (tertiary/aromatic N) is 3. The fraction of sp³-hybridized carbons (Fsp3) is 0.286. The van der Waals surface area contributed by atoms with Crippen molar-refractivity contribution in [2.24, 2.45) is 5.92 Å². The van der Waals surface area contributed by atoms with Crippen LogP contribution in [0.4, 0.5) is 5.69 Å². The molecule has 1 aliphatic heterocycles. The molecule has 7 heteroatoms. The highest BCUT2D eigenvalue weighted by molar-refractivity contribution is 7.18. The second kappa shape index (κ2) is 7.59. The first kappa shape index (κ1) is 18.4. The standard InChI is InChI=1S/C21H21N3O3S/c1-23(13-19-22-17-5-3-4-6-18(17)28-19)21(26)14-11-20(25)24(12-14)15-7-9-16(27-2)10-8-15/h3-10,14H,11-13H2,1-2H3. The van der Waals surface area contributed by atoms with Crippen LogP contribution in [0.5, 0.6) is 5.75 Å². The van der Waals surface area contributed by atoms with Crippen LogP contribution in [-0.2, 0) is 16.1 Å². The third-order valence-corrected chi connectivity index (χ3v) is 5.97. The minimum atomic E-state index is -0.339. The quantitative estimate of drug-likeness (QED) is 0.665. The third kappa shape index (κ3) is 3.57. The van der Waals surface area contributed by atoms with Crippen molar-refractivity contribution in [3.8, 4) is 5.75 Å². The van der Waals surface area contributed by atoms with Crippen LogP contribution in [-0.4, -0.2) is 42.4 Å². The molecule has 3 aromatic rings. The van der Waals surface area contributed by atoms with Gasteiger partial charge in [-0.2, -0.15) is 0 Å². The van der Waals surface area contributed by atoms with Gasteiger partial charge in [-0.25, -0.2) is 4.98 Å². The molecule has 0 aliphatic carbocycles. The van der Waals surface area contributed by atoms with Crippen molar-refractivity contribution in [3.05, 3.63) is 53.5 Å². The SMILES string of the molecule is COc1ccc(N2CC(C(=O)N(C)Cc3nc4ccccc4s3)CC2=O)cc1. The number of thiazole rings is 1. The third-order valence-electron chi connectivity index (χ3n) is 4.95. The summed E-state index contributed by atoms with van der Waals surface area (Å²) in [6, 6.07) is 15.3. The number of hydrogen-bond acceptors (Lipinski definition) is 5. The molecule has 0 spiro atoms. The Bertz CT molecular complexity index is 982. The number of rotatable bonds is 5. The molecule has 144 valence electrons. The van der Waals surface area contributed by atoms with E-state index in [4.69, 9.17) is 4.74 Å². The fourth-order valence-corrected chi connectivity index (χ4v) is 4.49. The predicted octanol–water partition coefficient (Wildman–Crippen LogP) is 3.32. The summed E-state index contributed by atoms with van der Waals surface area (Å²) in [6.45, 7) is 0.847. The van der Waals surface area contributed by atoms with Crippen LogP contribution in [0, 0.1) is 5.92 Å². The van der Waals surface area contributed by atoms with Gasteiger partial charge in [0, 0.05) is 25.7 Å². The Balaban J connectivity index is 1.43. The van der Waals surface area contributed by atoms with E-state index in [-0.39, 0.29) is 24.2 Å². The van der Waals surface area contributed by atoms with Gasteiger partial charge in [-0.15, -0.1) is 11.3 Å². The van der Waals surface area contributed by atoms with Crippen molar-refractivity contribution in [1.29, 1.82) is 0 Å². The molecule has 6 nitrogen and oxygen atoms in total. The van der Waals surface area contributed by atoms with Crippen LogP contribution >= 0.6 is 11.3 Å². The monoisotopic (exact) mass is 395 g/mol. The maximum Gasteiger partial charge on any atom is 0.228 e. The maximum atomic E-state index is 12.9. The summed E-state index contributed by atoms with van der Waals surface area (Å²) >= 11 is 1.59. The zero-order valence-electron chi connectivity index (χ0n) is 15.8. The number of benzene rings is 2. The molecular formula is C21H21N3O3S. The zero-order valence-corrected chi connectivity index (χ0v) is 16.6. The molecule has 1 fully saturated rings. The normalized spacial score (nSPS) is 16.6. The average molecular weight is 395 g/mol. The predicted molar refractivity (Wildman–Crippen MR) is 110 cm³/mol. The summed E-state index contributed by atoms with van der Waals surface area (Å²) in [5.41, 5.74) is 1.74. The highest BCUT2D eigenvalue weighted by Gasteiger charge is 2.36. The number of aromatic nitrogens is 1. The van der Waals surface area contributed by atoms with E-state index in [1.54, 1.807) is 35.3 Å². The van der Waals surface area contributed by atoms with E-state index in [0.29, 0.717) is 13.1 Å². The zero-order chi connectivity index (χ0) is 19.7. The van der Waals surface area contributed by atoms with Crippen LogP contribution in [0.3, 0.4) is 0 Å². The van der Waals surface area contributed by atoms with Crippen molar-refractivity contribution >= 4 is 39.1 Å². The van der Waals surface area contributed by atoms with E-state index in [9.17, 15) is 9.59 Å². The largest absolute Gasteiger partial charge is 0.497 e. The fourth-order valence-electron chi connectivity index (χ4n) is 3.46. The number of carbonyl (C=O) groups excluding carboxylic acids is 2. The van der Waals surface area contributed by atoms with Gasteiger partial charge >= 0.3 is 0 Å². The van der Waals surface area contributed by atoms with Gasteiger partial charge in [-0.05, 0) is 36.4 Å². The first-order valence-corrected chi connectivity index (χ1v) is 9.90. The van der Waals surface area contributed by atoms with E-state index in [1.807, 2.05) is 48.5 Å². The first-order valence-electron chi connectivity index (χ1n) is 9.09. The minimum absolute atomic E-state index is 0.0244. The average Bonchev–Trinajstić information content (AvgIpc) is 3.30. The molecule has 4 rings (SSSR count). The van der Waals surface area contributed by atoms with Gasteiger partial charge in [0.05, 0.1) is 29.8 Å². The molecule has 1 saturated heterocycles. The topological polar surface area (TPSA) is 62.7 Å². The highest BCUT2D eigenvalue weighted by atomic mass is 32.1. The molecule has 1 aliphatic rings. The molecule has 1 unspecified atom stereocenters. The lowest BCUT2D eigenvalue weighted by Gasteiger charge is -2.20. The molecule has 1 aromatic heterocycles. The summed E-state index contributed by atoms with van der Waals surface area (Å²) in [7, 11) is 3.38. The van der Waals surface area contributed by atoms with Gasteiger partial charge < -0.3 is 14.5 Å². The molecule has 2 amide bonds. The van der Waals surface area contributed by atoms with Crippen LogP contribution in [0.2, 0.25) is 0 Å². The molecule has 0 bridgehead atoms. The Morgan fingerprint density at radius 1 is 1.25 bits per heavy atom. The van der Waals surface area contributed by atoms with Crippen LogP contribution in [0.15, 0.2) is 48.5 Å². The maximum absolute atomic E-state index is 12.9. The van der Waals surface area contributed by atoms with Crippen LogP contribution < -0.4 is 9.64 Å². The van der Waals surface area contributed by atoms with Gasteiger partial charge in [-0.1, -0.05) is 12.1 Å². The van der Waals surface area contributed by atoms with Crippen molar-refractivity contribution in [2.75, 3.05) is 25.6 Å². The number of amides is 2. The van der Waals surface area contributed by atoms with Gasteiger partial charge in [0.25, 0.3) is 0 Å². The summed E-state index contributed by atoms with van der Waals surface area (Å²) in [4.78, 5) is 33.3. The lowest BCUT2D eigenvalue weighted by molar-refractivity contribution is -0.135. The molecule has 2 heterocycles. The lowest BCUT2D eigenvalue weighted by Crippen LogP contribution is -2.34. The van der Waals surface area contributed by atoms with E-state index in [1.165, 1.54) is 0 Å². The Labute approximate surface area is 167 Å². The molecule has 0 N–H and O–H groups in total. The summed E-state index contributed by atoms with van der Waals surface area (Å²) < 4.78 is 6.27. The highest BCUT2D eigenvalue weighted by Crippen LogP contribution is 2.28. The summed E-state index contributed by atoms with van der Waals surface area (Å²) in [6.07, 6.45) is 0.231. The van der Waals surface area contributed by atoms with Gasteiger partial charge in [-0.3, -0.25) is 9.59 Å². The molecular weight excluding hydrogens is 374 g/mol. The second-order valence-corrected chi connectivity index (χ2v) is 7.99. The number of anilines is 1. The Kier molecular flexibility index (Phi) is 5.00. The molecule has 2 aromatic carbocycles. The molecule has 0 radical (unpaired) electrons. The molecule has 28 heavy (non-hydrogen) atoms. The van der Waals surface area contributed by atoms with Crippen LogP contribution in [0.25, 0.3) is 10.2 Å². The summed E-state index contributed by atoms with van der Waals surface area (Å²) in [5, 5.41) is 0.897. The number of ether oxygens (including phenoxy) is 1. The number of fused-ring (bicyclic) bond motifs is 1. The second-order valence-electron chi connectivity index (χ2n) is 6.87. The molecule has 0 saturated carbocycles. The van der Waals surface area contributed by atoms with E-state index in [2.05, 4.69) is 4.98 Å². The van der Waals surface area contributed by atoms with Crippen molar-refractivity contribution in [1.82, 2.24) is 9.88 Å². The number of methoxy groups -OCH3 is 1. The van der Waals surface area contributed by atoms with Crippen molar-refractivity contribution < 1.29 is 14.3 Å². The Morgan fingerprint density at radius 2 is 2.00 bits per heavy atom. The van der Waals surface area contributed by atoms with E-state index < -0.39 is 0 Å². The summed E-state index contributed by atoms with van der Waals surface area (Å²) in [5.74, 6) is 0.341. The molecule has 1 atom stereocenters. The minimum Gasteiger partial charge on any atom is -0.497 e. The Morgan fingerprint density at radius 3 is 2.71 bits per heavy atom. The van der Waals surface area contributed by atoms with Gasteiger partial charge in [0.2, 0.25) is 11.8 Å². The van der Waals surface area contributed by atoms with Crippen molar-refractivity contribution in [2.45, 2.75) is 13.0 Å². The van der Waals surface area contributed by atoms with Crippen molar-refractivity contribution in [3.63, 3.8) is 0 Å². The van der Waals surface area contributed by atoms with Gasteiger partial charge in [0.1, 0.15) is 10.8 Å². The first-order chi connectivity index (χ1) is 13.5. The van der Waals surface area contributed by atoms with E-state index in [0.717, 1.165) is 26.7 Å².